The summed E-state index contributed by atoms with van der Waals surface area (Å²) in [5.74, 6) is 1.63. The van der Waals surface area contributed by atoms with Crippen molar-refractivity contribution >= 4 is 17.6 Å². The highest BCUT2D eigenvalue weighted by Crippen LogP contribution is 2.27. The van der Waals surface area contributed by atoms with Crippen LogP contribution < -0.4 is 21.7 Å². The monoisotopic (exact) mass is 222 g/mol. The molecule has 1 aliphatic rings. The maximum Gasteiger partial charge on any atom is 0.223 e. The van der Waals surface area contributed by atoms with Crippen LogP contribution in [0.5, 0.6) is 0 Å². The van der Waals surface area contributed by atoms with E-state index in [1.807, 2.05) is 14.0 Å². The molecule has 16 heavy (non-hydrogen) atoms. The third-order valence-corrected chi connectivity index (χ3v) is 2.98. The molecule has 0 saturated carbocycles. The van der Waals surface area contributed by atoms with Crippen molar-refractivity contribution in [2.24, 2.45) is 0 Å². The zero-order valence-corrected chi connectivity index (χ0v) is 9.70. The summed E-state index contributed by atoms with van der Waals surface area (Å²) in [5, 5.41) is 3.22. The fourth-order valence-electron chi connectivity index (χ4n) is 1.94. The van der Waals surface area contributed by atoms with Gasteiger partial charge in [-0.05, 0) is 13.5 Å². The molecule has 0 bridgehead atoms. The Balaban J connectivity index is 2.26. The first-order valence-corrected chi connectivity index (χ1v) is 5.49. The fraction of sp³-hybridized carbons (Fsp3) is 0.600. The van der Waals surface area contributed by atoms with Crippen molar-refractivity contribution in [3.8, 4) is 0 Å². The van der Waals surface area contributed by atoms with Crippen molar-refractivity contribution < 1.29 is 0 Å². The third kappa shape index (κ3) is 1.76. The summed E-state index contributed by atoms with van der Waals surface area (Å²) < 4.78 is 0. The topological polar surface area (TPSA) is 93.1 Å². The quantitative estimate of drug-likeness (QED) is 0.645. The second-order valence-electron chi connectivity index (χ2n) is 4.01. The van der Waals surface area contributed by atoms with E-state index in [2.05, 4.69) is 20.2 Å². The smallest absolute Gasteiger partial charge is 0.223 e. The van der Waals surface area contributed by atoms with Crippen LogP contribution in [-0.2, 0) is 6.42 Å². The number of rotatable bonds is 3. The van der Waals surface area contributed by atoms with Crippen LogP contribution in [0.1, 0.15) is 12.5 Å². The molecular weight excluding hydrogens is 204 g/mol. The van der Waals surface area contributed by atoms with E-state index in [1.165, 1.54) is 0 Å². The maximum absolute atomic E-state index is 5.84. The van der Waals surface area contributed by atoms with Gasteiger partial charge in [-0.3, -0.25) is 0 Å². The standard InChI is InChI=1S/C10H18N6/c1-3-7-8(11)14-10(12)15-9(7)16-4-6(5-16)13-2/h6,13H,3-5H2,1-2H3,(H4,11,12,14,15). The van der Waals surface area contributed by atoms with E-state index in [0.29, 0.717) is 11.9 Å². The molecule has 1 aromatic heterocycles. The minimum Gasteiger partial charge on any atom is -0.383 e. The first-order valence-electron chi connectivity index (χ1n) is 5.49. The summed E-state index contributed by atoms with van der Waals surface area (Å²) in [6.07, 6.45) is 0.822. The molecule has 0 aromatic carbocycles. The van der Waals surface area contributed by atoms with Gasteiger partial charge in [0, 0.05) is 24.7 Å². The van der Waals surface area contributed by atoms with Crippen molar-refractivity contribution in [3.05, 3.63) is 5.56 Å². The summed E-state index contributed by atoms with van der Waals surface area (Å²) >= 11 is 0. The molecule has 2 rings (SSSR count). The molecule has 0 unspecified atom stereocenters. The Bertz CT molecular complexity index is 385. The van der Waals surface area contributed by atoms with Crippen LogP contribution >= 0.6 is 0 Å². The number of likely N-dealkylation sites (N-methyl/N-ethyl adjacent to an activating group) is 1. The van der Waals surface area contributed by atoms with Gasteiger partial charge in [0.1, 0.15) is 11.6 Å². The summed E-state index contributed by atoms with van der Waals surface area (Å²) in [4.78, 5) is 10.4. The number of anilines is 3. The lowest BCUT2D eigenvalue weighted by atomic mass is 10.1. The molecule has 5 N–H and O–H groups in total. The molecule has 1 saturated heterocycles. The predicted molar refractivity (Wildman–Crippen MR) is 65.3 cm³/mol. The Morgan fingerprint density at radius 1 is 1.38 bits per heavy atom. The van der Waals surface area contributed by atoms with Crippen LogP contribution in [0, 0.1) is 0 Å². The molecule has 6 nitrogen and oxygen atoms in total. The second kappa shape index (κ2) is 4.13. The van der Waals surface area contributed by atoms with Crippen molar-refractivity contribution in [3.63, 3.8) is 0 Å². The largest absolute Gasteiger partial charge is 0.383 e. The van der Waals surface area contributed by atoms with Gasteiger partial charge in [0.25, 0.3) is 0 Å². The molecule has 6 heteroatoms. The van der Waals surface area contributed by atoms with E-state index < -0.39 is 0 Å². The van der Waals surface area contributed by atoms with Crippen molar-refractivity contribution in [2.45, 2.75) is 19.4 Å². The number of hydrogen-bond donors (Lipinski definition) is 3. The average molecular weight is 222 g/mol. The minimum absolute atomic E-state index is 0.248. The highest BCUT2D eigenvalue weighted by atomic mass is 15.3. The molecular formula is C10H18N6. The van der Waals surface area contributed by atoms with E-state index in [9.17, 15) is 0 Å². The highest BCUT2D eigenvalue weighted by Gasteiger charge is 2.28. The maximum atomic E-state index is 5.84. The molecule has 0 amide bonds. The lowest BCUT2D eigenvalue weighted by Gasteiger charge is -2.40. The van der Waals surface area contributed by atoms with Gasteiger partial charge in [0.05, 0.1) is 0 Å². The summed E-state index contributed by atoms with van der Waals surface area (Å²) in [6, 6.07) is 0.530. The Labute approximate surface area is 95.0 Å². The SMILES string of the molecule is CCc1c(N)nc(N)nc1N1CC(NC)C1. The molecule has 88 valence electrons. The van der Waals surface area contributed by atoms with Crippen molar-refractivity contribution in [1.29, 1.82) is 0 Å². The second-order valence-corrected chi connectivity index (χ2v) is 4.01. The number of nitrogen functional groups attached to an aromatic ring is 2. The lowest BCUT2D eigenvalue weighted by molar-refractivity contribution is 0.446. The van der Waals surface area contributed by atoms with Crippen LogP contribution in [0.4, 0.5) is 17.6 Å². The van der Waals surface area contributed by atoms with Crippen LogP contribution in [0.2, 0.25) is 0 Å². The van der Waals surface area contributed by atoms with Crippen LogP contribution in [0.15, 0.2) is 0 Å². The van der Waals surface area contributed by atoms with Gasteiger partial charge in [0.2, 0.25) is 5.95 Å². The van der Waals surface area contributed by atoms with E-state index in [0.717, 1.165) is 30.9 Å². The van der Waals surface area contributed by atoms with E-state index in [-0.39, 0.29) is 5.95 Å². The molecule has 1 aliphatic heterocycles. The molecule has 0 radical (unpaired) electrons. The number of aromatic nitrogens is 2. The first kappa shape index (κ1) is 10.9. The number of nitrogens with one attached hydrogen (secondary N) is 1. The van der Waals surface area contributed by atoms with E-state index >= 15 is 0 Å². The van der Waals surface area contributed by atoms with Crippen molar-refractivity contribution in [1.82, 2.24) is 15.3 Å². The zero-order chi connectivity index (χ0) is 11.7. The summed E-state index contributed by atoms with van der Waals surface area (Å²) in [7, 11) is 1.96. The van der Waals surface area contributed by atoms with E-state index in [4.69, 9.17) is 11.5 Å². The summed E-state index contributed by atoms with van der Waals surface area (Å²) in [5.41, 5.74) is 12.5. The summed E-state index contributed by atoms with van der Waals surface area (Å²) in [6.45, 7) is 3.93. The molecule has 1 aromatic rings. The predicted octanol–water partition coefficient (Wildman–Crippen LogP) is -0.389. The van der Waals surface area contributed by atoms with Gasteiger partial charge >= 0.3 is 0 Å². The lowest BCUT2D eigenvalue weighted by Crippen LogP contribution is -2.57. The average Bonchev–Trinajstić information content (AvgIpc) is 2.15. The fourth-order valence-corrected chi connectivity index (χ4v) is 1.94. The Morgan fingerprint density at radius 2 is 2.06 bits per heavy atom. The number of hydrogen-bond acceptors (Lipinski definition) is 6. The zero-order valence-electron chi connectivity index (χ0n) is 9.70. The molecule has 0 atom stereocenters. The van der Waals surface area contributed by atoms with Gasteiger partial charge < -0.3 is 21.7 Å². The minimum atomic E-state index is 0.248. The van der Waals surface area contributed by atoms with Gasteiger partial charge in [-0.15, -0.1) is 0 Å². The Morgan fingerprint density at radius 3 is 2.62 bits per heavy atom. The highest BCUT2D eigenvalue weighted by molar-refractivity contribution is 5.61. The number of nitrogens with zero attached hydrogens (tertiary/aromatic N) is 3. The first-order chi connectivity index (χ1) is 7.65. The van der Waals surface area contributed by atoms with Gasteiger partial charge in [0.15, 0.2) is 0 Å². The molecule has 0 spiro atoms. The Kier molecular flexibility index (Phi) is 2.82. The van der Waals surface area contributed by atoms with Gasteiger partial charge in [-0.25, -0.2) is 0 Å². The molecule has 1 fully saturated rings. The Hall–Kier alpha value is -1.56. The van der Waals surface area contributed by atoms with Crippen molar-refractivity contribution in [2.75, 3.05) is 36.5 Å². The molecule has 2 heterocycles. The third-order valence-electron chi connectivity index (χ3n) is 2.98. The van der Waals surface area contributed by atoms with E-state index in [1.54, 1.807) is 0 Å². The van der Waals surface area contributed by atoms with Gasteiger partial charge in [-0.1, -0.05) is 6.92 Å². The normalized spacial score (nSPS) is 16.2. The van der Waals surface area contributed by atoms with Crippen LogP contribution in [0.25, 0.3) is 0 Å². The molecule has 0 aliphatic carbocycles. The number of nitrogens with two attached hydrogens (primary N) is 2. The van der Waals surface area contributed by atoms with Crippen LogP contribution in [0.3, 0.4) is 0 Å². The van der Waals surface area contributed by atoms with Crippen LogP contribution in [-0.4, -0.2) is 36.1 Å². The van der Waals surface area contributed by atoms with Gasteiger partial charge in [-0.2, -0.15) is 9.97 Å².